The van der Waals surface area contributed by atoms with Gasteiger partial charge in [-0.15, -0.1) is 0 Å². The van der Waals surface area contributed by atoms with Gasteiger partial charge in [0.15, 0.2) is 0 Å². The third-order valence-corrected chi connectivity index (χ3v) is 2.91. The summed E-state index contributed by atoms with van der Waals surface area (Å²) in [7, 11) is 1.68. The Kier molecular flexibility index (Phi) is 6.99. The van der Waals surface area contributed by atoms with E-state index in [0.717, 1.165) is 5.70 Å². The maximum atomic E-state index is 11.6. The first kappa shape index (κ1) is 17.0. The average molecular weight is 257 g/mol. The lowest BCUT2D eigenvalue weighted by atomic mass is 9.87. The Labute approximate surface area is 111 Å². The summed E-state index contributed by atoms with van der Waals surface area (Å²) >= 11 is 0. The Balaban J connectivity index is 4.82. The van der Waals surface area contributed by atoms with Crippen molar-refractivity contribution in [2.75, 3.05) is 20.3 Å². The molecule has 106 valence electrons. The van der Waals surface area contributed by atoms with E-state index >= 15 is 0 Å². The number of carbonyl (C=O) groups excluding carboxylic acids is 1. The van der Waals surface area contributed by atoms with Crippen molar-refractivity contribution < 1.29 is 14.3 Å². The maximum absolute atomic E-state index is 11.6. The number of carbonyl (C=O) groups is 1. The second-order valence-corrected chi connectivity index (χ2v) is 5.49. The number of rotatable bonds is 6. The minimum Gasteiger partial charge on any atom is -0.463 e. The van der Waals surface area contributed by atoms with Crippen molar-refractivity contribution in [1.82, 2.24) is 5.32 Å². The second-order valence-electron chi connectivity index (χ2n) is 5.49. The SMILES string of the molecule is CCOC(=O)/C(C)=C(\C)N[C@H](COC)C(C)(C)C. The fourth-order valence-electron chi connectivity index (χ4n) is 1.44. The topological polar surface area (TPSA) is 47.6 Å². The van der Waals surface area contributed by atoms with Crippen LogP contribution in [0, 0.1) is 5.41 Å². The van der Waals surface area contributed by atoms with Crippen LogP contribution >= 0.6 is 0 Å². The normalized spacial score (nSPS) is 14.8. The largest absolute Gasteiger partial charge is 0.463 e. The fourth-order valence-corrected chi connectivity index (χ4v) is 1.44. The Morgan fingerprint density at radius 1 is 1.28 bits per heavy atom. The second kappa shape index (κ2) is 7.41. The minimum absolute atomic E-state index is 0.0478. The summed E-state index contributed by atoms with van der Waals surface area (Å²) in [4.78, 5) is 11.6. The van der Waals surface area contributed by atoms with Gasteiger partial charge in [0.25, 0.3) is 0 Å². The highest BCUT2D eigenvalue weighted by Crippen LogP contribution is 2.21. The zero-order valence-corrected chi connectivity index (χ0v) is 12.7. The van der Waals surface area contributed by atoms with Gasteiger partial charge in [0.2, 0.25) is 0 Å². The Morgan fingerprint density at radius 3 is 2.22 bits per heavy atom. The molecule has 0 fully saturated rings. The maximum Gasteiger partial charge on any atom is 0.335 e. The van der Waals surface area contributed by atoms with Crippen molar-refractivity contribution in [2.24, 2.45) is 5.41 Å². The number of ether oxygens (including phenoxy) is 2. The first-order chi connectivity index (χ1) is 8.23. The van der Waals surface area contributed by atoms with Crippen LogP contribution in [-0.4, -0.2) is 32.3 Å². The number of hydrogen-bond acceptors (Lipinski definition) is 4. The molecule has 1 N–H and O–H groups in total. The highest BCUT2D eigenvalue weighted by molar-refractivity contribution is 5.88. The van der Waals surface area contributed by atoms with Crippen molar-refractivity contribution in [3.63, 3.8) is 0 Å². The van der Waals surface area contributed by atoms with Gasteiger partial charge in [0, 0.05) is 12.8 Å². The molecule has 0 aromatic rings. The molecule has 0 aliphatic rings. The lowest BCUT2D eigenvalue weighted by molar-refractivity contribution is -0.138. The Hall–Kier alpha value is -1.03. The number of methoxy groups -OCH3 is 1. The fraction of sp³-hybridized carbons (Fsp3) is 0.786. The van der Waals surface area contributed by atoms with E-state index in [-0.39, 0.29) is 17.4 Å². The third kappa shape index (κ3) is 5.54. The average Bonchev–Trinajstić information content (AvgIpc) is 2.26. The Morgan fingerprint density at radius 2 is 1.83 bits per heavy atom. The van der Waals surface area contributed by atoms with E-state index < -0.39 is 0 Å². The number of esters is 1. The molecule has 0 aliphatic carbocycles. The molecular weight excluding hydrogens is 230 g/mol. The summed E-state index contributed by atoms with van der Waals surface area (Å²) in [6.45, 7) is 12.9. The van der Waals surface area contributed by atoms with E-state index in [1.54, 1.807) is 21.0 Å². The van der Waals surface area contributed by atoms with Crippen LogP contribution in [-0.2, 0) is 14.3 Å². The predicted molar refractivity (Wildman–Crippen MR) is 73.3 cm³/mol. The van der Waals surface area contributed by atoms with E-state index in [4.69, 9.17) is 9.47 Å². The quantitative estimate of drug-likeness (QED) is 0.586. The standard InChI is InChI=1S/C14H27NO3/c1-8-18-13(16)10(2)11(3)15-12(9-17-7)14(4,5)6/h12,15H,8-9H2,1-7H3/b11-10+/t12-/m1/s1. The molecule has 0 aromatic carbocycles. The molecule has 0 amide bonds. The van der Waals surface area contributed by atoms with E-state index in [1.165, 1.54) is 0 Å². The predicted octanol–water partition coefficient (Wildman–Crippen LogP) is 2.49. The van der Waals surface area contributed by atoms with Gasteiger partial charge < -0.3 is 14.8 Å². The van der Waals surface area contributed by atoms with Gasteiger partial charge in [-0.1, -0.05) is 20.8 Å². The summed E-state index contributed by atoms with van der Waals surface area (Å²) in [5, 5.41) is 3.35. The van der Waals surface area contributed by atoms with Gasteiger partial charge in [-0.2, -0.15) is 0 Å². The van der Waals surface area contributed by atoms with E-state index in [2.05, 4.69) is 26.1 Å². The molecule has 0 saturated carbocycles. The number of nitrogens with one attached hydrogen (secondary N) is 1. The lowest BCUT2D eigenvalue weighted by Crippen LogP contribution is -2.43. The third-order valence-electron chi connectivity index (χ3n) is 2.91. The molecule has 0 spiro atoms. The van der Waals surface area contributed by atoms with Crippen LogP contribution in [0.5, 0.6) is 0 Å². The first-order valence-corrected chi connectivity index (χ1v) is 6.34. The monoisotopic (exact) mass is 257 g/mol. The lowest BCUT2D eigenvalue weighted by Gasteiger charge is -2.32. The number of allylic oxidation sites excluding steroid dienone is 1. The van der Waals surface area contributed by atoms with Crippen LogP contribution in [0.3, 0.4) is 0 Å². The van der Waals surface area contributed by atoms with Crippen LogP contribution in [0.4, 0.5) is 0 Å². The molecule has 0 unspecified atom stereocenters. The van der Waals surface area contributed by atoms with Gasteiger partial charge in [0.05, 0.1) is 24.8 Å². The smallest absolute Gasteiger partial charge is 0.335 e. The molecule has 4 heteroatoms. The summed E-state index contributed by atoms with van der Waals surface area (Å²) in [5.41, 5.74) is 1.50. The number of hydrogen-bond donors (Lipinski definition) is 1. The van der Waals surface area contributed by atoms with E-state index in [1.807, 2.05) is 6.92 Å². The minimum atomic E-state index is -0.271. The molecule has 0 saturated heterocycles. The summed E-state index contributed by atoms with van der Waals surface area (Å²) in [5.74, 6) is -0.271. The molecule has 0 aliphatic heterocycles. The summed E-state index contributed by atoms with van der Waals surface area (Å²) in [6, 6.07) is 0.145. The van der Waals surface area contributed by atoms with Crippen LogP contribution in [0.1, 0.15) is 41.5 Å². The summed E-state index contributed by atoms with van der Waals surface area (Å²) in [6.07, 6.45) is 0. The first-order valence-electron chi connectivity index (χ1n) is 6.34. The van der Waals surface area contributed by atoms with Crippen molar-refractivity contribution in [2.45, 2.75) is 47.6 Å². The molecule has 18 heavy (non-hydrogen) atoms. The zero-order chi connectivity index (χ0) is 14.3. The van der Waals surface area contributed by atoms with Gasteiger partial charge in [-0.05, 0) is 26.2 Å². The van der Waals surface area contributed by atoms with E-state index in [9.17, 15) is 4.79 Å². The molecule has 0 bridgehead atoms. The van der Waals surface area contributed by atoms with Gasteiger partial charge in [-0.3, -0.25) is 0 Å². The van der Waals surface area contributed by atoms with Crippen molar-refractivity contribution in [3.05, 3.63) is 11.3 Å². The van der Waals surface area contributed by atoms with Crippen LogP contribution in [0.15, 0.2) is 11.3 Å². The van der Waals surface area contributed by atoms with Gasteiger partial charge in [-0.25, -0.2) is 4.79 Å². The molecule has 0 aromatic heterocycles. The zero-order valence-electron chi connectivity index (χ0n) is 12.7. The van der Waals surface area contributed by atoms with Crippen LogP contribution in [0.25, 0.3) is 0 Å². The summed E-state index contributed by atoms with van der Waals surface area (Å²) < 4.78 is 10.2. The van der Waals surface area contributed by atoms with Crippen LogP contribution in [0.2, 0.25) is 0 Å². The van der Waals surface area contributed by atoms with Gasteiger partial charge in [0.1, 0.15) is 0 Å². The highest BCUT2D eigenvalue weighted by atomic mass is 16.5. The highest BCUT2D eigenvalue weighted by Gasteiger charge is 2.25. The molecule has 1 atom stereocenters. The molecule has 4 nitrogen and oxygen atoms in total. The Bertz CT molecular complexity index is 303. The molecule has 0 radical (unpaired) electrons. The van der Waals surface area contributed by atoms with Gasteiger partial charge >= 0.3 is 5.97 Å². The van der Waals surface area contributed by atoms with Crippen LogP contribution < -0.4 is 5.32 Å². The van der Waals surface area contributed by atoms with Crippen molar-refractivity contribution in [3.8, 4) is 0 Å². The molecular formula is C14H27NO3. The molecule has 0 rings (SSSR count). The van der Waals surface area contributed by atoms with Crippen molar-refractivity contribution in [1.29, 1.82) is 0 Å². The van der Waals surface area contributed by atoms with E-state index in [0.29, 0.717) is 18.8 Å². The van der Waals surface area contributed by atoms with Crippen molar-refractivity contribution >= 4 is 5.97 Å². The molecule has 0 heterocycles.